The number of rotatable bonds is 2. The van der Waals surface area contributed by atoms with Gasteiger partial charge in [-0.05, 0) is 12.1 Å². The summed E-state index contributed by atoms with van der Waals surface area (Å²) >= 11 is 47.1. The van der Waals surface area contributed by atoms with Crippen LogP contribution in [-0.2, 0) is 9.84 Å². The minimum absolute atomic E-state index is 0.0736. The lowest BCUT2D eigenvalue weighted by Gasteiger charge is -2.13. The Hall–Kier alpha value is 0.710. The van der Waals surface area contributed by atoms with Gasteiger partial charge in [-0.3, -0.25) is 0 Å². The Morgan fingerprint density at radius 3 is 1.13 bits per heavy atom. The molecule has 11 heteroatoms. The summed E-state index contributed by atoms with van der Waals surface area (Å²) in [6.45, 7) is 0. The SMILES string of the molecule is O=S(=O)(c1cc(Cl)c(Cl)c(Cl)c1Cl)c1cc(Cl)c(Cl)c(Cl)c1Cl. The van der Waals surface area contributed by atoms with E-state index in [1.807, 2.05) is 0 Å². The molecule has 2 aromatic rings. The number of sulfone groups is 1. The van der Waals surface area contributed by atoms with Crippen molar-refractivity contribution in [2.75, 3.05) is 0 Å². The van der Waals surface area contributed by atoms with Gasteiger partial charge in [0, 0.05) is 0 Å². The molecule has 0 spiro atoms. The second kappa shape index (κ2) is 7.14. The average molecular weight is 494 g/mol. The molecular formula is C12H2Cl8O2S. The normalized spacial score (nSPS) is 11.8. The first-order chi connectivity index (χ1) is 10.5. The van der Waals surface area contributed by atoms with Crippen LogP contribution in [0, 0.1) is 0 Å². The molecule has 2 aromatic carbocycles. The van der Waals surface area contributed by atoms with Gasteiger partial charge >= 0.3 is 0 Å². The molecule has 2 nitrogen and oxygen atoms in total. The van der Waals surface area contributed by atoms with Crippen molar-refractivity contribution in [2.45, 2.75) is 9.79 Å². The Bertz CT molecular complexity index is 854. The van der Waals surface area contributed by atoms with Crippen molar-refractivity contribution in [1.82, 2.24) is 0 Å². The first-order valence-electron chi connectivity index (χ1n) is 5.41. The number of hydrogen-bond acceptors (Lipinski definition) is 2. The van der Waals surface area contributed by atoms with Crippen molar-refractivity contribution in [2.24, 2.45) is 0 Å². The van der Waals surface area contributed by atoms with E-state index >= 15 is 0 Å². The molecule has 0 bridgehead atoms. The van der Waals surface area contributed by atoms with Gasteiger partial charge in [-0.25, -0.2) is 8.42 Å². The summed E-state index contributed by atoms with van der Waals surface area (Å²) in [7, 11) is -4.24. The van der Waals surface area contributed by atoms with E-state index in [9.17, 15) is 8.42 Å². The van der Waals surface area contributed by atoms with Gasteiger partial charge in [0.05, 0.1) is 50.0 Å². The largest absolute Gasteiger partial charge is 0.218 e. The summed E-state index contributed by atoms with van der Waals surface area (Å²) in [4.78, 5) is -0.787. The van der Waals surface area contributed by atoms with Gasteiger partial charge in [0.1, 0.15) is 0 Å². The number of halogens is 8. The Kier molecular flexibility index (Phi) is 6.22. The van der Waals surface area contributed by atoms with Crippen molar-refractivity contribution < 1.29 is 8.42 Å². The van der Waals surface area contributed by atoms with Crippen LogP contribution in [0.3, 0.4) is 0 Å². The molecule has 0 aliphatic heterocycles. The highest BCUT2D eigenvalue weighted by Crippen LogP contribution is 2.45. The third kappa shape index (κ3) is 3.51. The van der Waals surface area contributed by atoms with Gasteiger partial charge in [-0.15, -0.1) is 0 Å². The van der Waals surface area contributed by atoms with Crippen molar-refractivity contribution in [3.8, 4) is 0 Å². The van der Waals surface area contributed by atoms with Gasteiger partial charge in [0.2, 0.25) is 9.84 Å². The summed E-state index contributed by atoms with van der Waals surface area (Å²) in [6, 6.07) is 2.11. The van der Waals surface area contributed by atoms with Crippen LogP contribution in [0.5, 0.6) is 0 Å². The highest BCUT2D eigenvalue weighted by molar-refractivity contribution is 7.91. The maximum atomic E-state index is 12.8. The van der Waals surface area contributed by atoms with Crippen molar-refractivity contribution in [3.05, 3.63) is 52.3 Å². The maximum absolute atomic E-state index is 12.8. The molecule has 0 saturated carbocycles. The molecule has 0 aromatic heterocycles. The molecule has 0 fully saturated rings. The molecule has 0 aliphatic rings. The molecule has 0 atom stereocenters. The van der Waals surface area contributed by atoms with E-state index in [-0.39, 0.29) is 40.2 Å². The van der Waals surface area contributed by atoms with Gasteiger partial charge in [-0.2, -0.15) is 0 Å². The lowest BCUT2D eigenvalue weighted by molar-refractivity contribution is 0.596. The summed E-state index contributed by atoms with van der Waals surface area (Å²) in [6.07, 6.45) is 0. The monoisotopic (exact) mass is 490 g/mol. The van der Waals surface area contributed by atoms with Crippen LogP contribution in [-0.4, -0.2) is 8.42 Å². The Morgan fingerprint density at radius 1 is 0.522 bits per heavy atom. The van der Waals surface area contributed by atoms with Gasteiger partial charge in [-0.1, -0.05) is 92.8 Å². The fourth-order valence-corrected chi connectivity index (χ4v) is 5.53. The summed E-state index contributed by atoms with van der Waals surface area (Å²) < 4.78 is 25.6. The zero-order chi connectivity index (χ0) is 17.7. The summed E-state index contributed by atoms with van der Waals surface area (Å²) in [5.41, 5.74) is 0. The number of hydrogen-bond donors (Lipinski definition) is 0. The molecule has 0 amide bonds. The predicted octanol–water partition coefficient (Wildman–Crippen LogP) is 7.75. The quantitative estimate of drug-likeness (QED) is 0.316. The Labute approximate surface area is 172 Å². The molecule has 2 rings (SSSR count). The van der Waals surface area contributed by atoms with E-state index < -0.39 is 19.6 Å². The summed E-state index contributed by atoms with van der Waals surface area (Å²) in [5.74, 6) is 0. The Balaban J connectivity index is 2.85. The zero-order valence-corrected chi connectivity index (χ0v) is 17.3. The second-order valence-corrected chi connectivity index (χ2v) is 9.07. The second-order valence-electron chi connectivity index (χ2n) is 4.10. The lowest BCUT2D eigenvalue weighted by Crippen LogP contribution is -2.05. The zero-order valence-electron chi connectivity index (χ0n) is 10.4. The van der Waals surface area contributed by atoms with Crippen LogP contribution in [0.25, 0.3) is 0 Å². The van der Waals surface area contributed by atoms with E-state index in [4.69, 9.17) is 92.8 Å². The molecule has 23 heavy (non-hydrogen) atoms. The van der Waals surface area contributed by atoms with Crippen LogP contribution < -0.4 is 0 Å². The molecule has 0 unspecified atom stereocenters. The van der Waals surface area contributed by atoms with Crippen LogP contribution in [0.4, 0.5) is 0 Å². The van der Waals surface area contributed by atoms with E-state index in [0.29, 0.717) is 0 Å². The van der Waals surface area contributed by atoms with Crippen LogP contribution in [0.15, 0.2) is 21.9 Å². The van der Waals surface area contributed by atoms with Gasteiger partial charge < -0.3 is 0 Å². The van der Waals surface area contributed by atoms with E-state index in [2.05, 4.69) is 0 Å². The molecule has 0 saturated heterocycles. The Morgan fingerprint density at radius 2 is 0.826 bits per heavy atom. The predicted molar refractivity (Wildman–Crippen MR) is 98.4 cm³/mol. The average Bonchev–Trinajstić information content (AvgIpc) is 2.49. The third-order valence-corrected chi connectivity index (χ3v) is 8.25. The molecular weight excluding hydrogens is 492 g/mol. The van der Waals surface area contributed by atoms with Crippen molar-refractivity contribution in [1.29, 1.82) is 0 Å². The van der Waals surface area contributed by atoms with E-state index in [1.54, 1.807) is 0 Å². The van der Waals surface area contributed by atoms with Crippen molar-refractivity contribution in [3.63, 3.8) is 0 Å². The highest BCUT2D eigenvalue weighted by Gasteiger charge is 2.29. The van der Waals surface area contributed by atoms with Gasteiger partial charge in [0.25, 0.3) is 0 Å². The minimum atomic E-state index is -4.24. The number of benzene rings is 2. The molecule has 124 valence electrons. The fourth-order valence-electron chi connectivity index (χ4n) is 1.61. The smallest absolute Gasteiger partial charge is 0.209 e. The highest BCUT2D eigenvalue weighted by atomic mass is 35.5. The standard InChI is InChI=1S/C12H2Cl8O2S/c13-3-1-5(9(17)11(19)7(3)15)23(21,22)6-2-4(14)8(16)12(20)10(6)18/h1-2H. The van der Waals surface area contributed by atoms with Crippen LogP contribution in [0.2, 0.25) is 40.2 Å². The van der Waals surface area contributed by atoms with Crippen LogP contribution in [0.1, 0.15) is 0 Å². The minimum Gasteiger partial charge on any atom is -0.218 e. The van der Waals surface area contributed by atoms with E-state index in [1.165, 1.54) is 0 Å². The van der Waals surface area contributed by atoms with Crippen molar-refractivity contribution >= 4 is 103 Å². The lowest BCUT2D eigenvalue weighted by atomic mass is 10.3. The topological polar surface area (TPSA) is 34.1 Å². The van der Waals surface area contributed by atoms with E-state index in [0.717, 1.165) is 12.1 Å². The molecule has 0 N–H and O–H groups in total. The molecule has 0 heterocycles. The first kappa shape index (κ1) is 20.0. The van der Waals surface area contributed by atoms with Gasteiger partial charge in [0.15, 0.2) is 0 Å². The molecule has 0 radical (unpaired) electrons. The maximum Gasteiger partial charge on any atom is 0.209 e. The first-order valence-corrected chi connectivity index (χ1v) is 9.92. The fraction of sp³-hybridized carbons (Fsp3) is 0. The third-order valence-electron chi connectivity index (χ3n) is 2.72. The summed E-state index contributed by atoms with van der Waals surface area (Å²) in [5, 5.41) is -1.36. The molecule has 0 aliphatic carbocycles. The van der Waals surface area contributed by atoms with Crippen LogP contribution >= 0.6 is 92.8 Å².